The van der Waals surface area contributed by atoms with Gasteiger partial charge in [-0.2, -0.15) is 0 Å². The second-order valence-corrected chi connectivity index (χ2v) is 3.58. The third kappa shape index (κ3) is 2.45. The molecule has 2 heterocycles. The summed E-state index contributed by atoms with van der Waals surface area (Å²) in [6.45, 7) is 3.48. The summed E-state index contributed by atoms with van der Waals surface area (Å²) in [5.41, 5.74) is 1.01. The fraction of sp³-hybridized carbons (Fsp3) is 0.545. The van der Waals surface area contributed by atoms with E-state index in [4.69, 9.17) is 9.47 Å². The van der Waals surface area contributed by atoms with Crippen LogP contribution in [0.4, 0.5) is 0 Å². The summed E-state index contributed by atoms with van der Waals surface area (Å²) in [5, 5.41) is 0. The SMILES string of the molecule is Cc1ccc(OCC2CCCO2)cn1. The standard InChI is InChI=1S/C11H15NO2/c1-9-4-5-10(7-12-9)14-8-11-3-2-6-13-11/h4-5,7,11H,2-3,6,8H2,1H3. The van der Waals surface area contributed by atoms with Crippen LogP contribution in [0.1, 0.15) is 18.5 Å². The number of rotatable bonds is 3. The first-order chi connectivity index (χ1) is 6.84. The predicted molar refractivity (Wildman–Crippen MR) is 53.4 cm³/mol. The van der Waals surface area contributed by atoms with Gasteiger partial charge in [0.05, 0.1) is 12.3 Å². The summed E-state index contributed by atoms with van der Waals surface area (Å²) in [4.78, 5) is 4.16. The average molecular weight is 193 g/mol. The van der Waals surface area contributed by atoms with E-state index in [0.717, 1.165) is 30.9 Å². The van der Waals surface area contributed by atoms with Crippen LogP contribution in [-0.4, -0.2) is 24.3 Å². The third-order valence-corrected chi connectivity index (χ3v) is 2.34. The molecule has 1 atom stereocenters. The largest absolute Gasteiger partial charge is 0.489 e. The molecule has 0 N–H and O–H groups in total. The highest BCUT2D eigenvalue weighted by atomic mass is 16.5. The lowest BCUT2D eigenvalue weighted by Crippen LogP contribution is -2.16. The number of aromatic nitrogens is 1. The van der Waals surface area contributed by atoms with Crippen LogP contribution in [0.5, 0.6) is 5.75 Å². The molecule has 2 rings (SSSR count). The van der Waals surface area contributed by atoms with Crippen molar-refractivity contribution in [1.82, 2.24) is 4.98 Å². The summed E-state index contributed by atoms with van der Waals surface area (Å²) in [5.74, 6) is 0.825. The minimum absolute atomic E-state index is 0.274. The molecule has 0 spiro atoms. The molecule has 1 aliphatic rings. The maximum Gasteiger partial charge on any atom is 0.137 e. The van der Waals surface area contributed by atoms with Crippen LogP contribution < -0.4 is 4.74 Å². The molecule has 3 nitrogen and oxygen atoms in total. The molecule has 3 heteroatoms. The zero-order valence-corrected chi connectivity index (χ0v) is 8.40. The first-order valence-corrected chi connectivity index (χ1v) is 5.01. The second kappa shape index (κ2) is 4.42. The Hall–Kier alpha value is -1.09. The molecular formula is C11H15NO2. The predicted octanol–water partition coefficient (Wildman–Crippen LogP) is 1.95. The zero-order chi connectivity index (χ0) is 9.80. The van der Waals surface area contributed by atoms with E-state index >= 15 is 0 Å². The number of pyridine rings is 1. The monoisotopic (exact) mass is 193 g/mol. The van der Waals surface area contributed by atoms with Crippen molar-refractivity contribution < 1.29 is 9.47 Å². The Morgan fingerprint density at radius 1 is 1.57 bits per heavy atom. The van der Waals surface area contributed by atoms with Gasteiger partial charge in [-0.05, 0) is 31.9 Å². The van der Waals surface area contributed by atoms with Crippen molar-refractivity contribution in [3.8, 4) is 5.75 Å². The lowest BCUT2D eigenvalue weighted by molar-refractivity contribution is 0.0678. The van der Waals surface area contributed by atoms with E-state index in [1.54, 1.807) is 6.20 Å². The zero-order valence-electron chi connectivity index (χ0n) is 8.40. The quantitative estimate of drug-likeness (QED) is 0.735. The maximum absolute atomic E-state index is 5.56. The molecule has 14 heavy (non-hydrogen) atoms. The van der Waals surface area contributed by atoms with Crippen molar-refractivity contribution in [2.24, 2.45) is 0 Å². The van der Waals surface area contributed by atoms with E-state index in [-0.39, 0.29) is 6.10 Å². The molecule has 1 saturated heterocycles. The van der Waals surface area contributed by atoms with Gasteiger partial charge in [0.1, 0.15) is 12.4 Å². The highest BCUT2D eigenvalue weighted by Crippen LogP contribution is 2.14. The Kier molecular flexibility index (Phi) is 2.99. The molecule has 1 aromatic heterocycles. The lowest BCUT2D eigenvalue weighted by atomic mass is 10.2. The Bertz CT molecular complexity index is 278. The van der Waals surface area contributed by atoms with Crippen molar-refractivity contribution in [3.05, 3.63) is 24.0 Å². The normalized spacial score (nSPS) is 21.1. The van der Waals surface area contributed by atoms with Gasteiger partial charge in [0.25, 0.3) is 0 Å². The Labute approximate surface area is 84.1 Å². The molecule has 0 aromatic carbocycles. The Morgan fingerprint density at radius 2 is 2.50 bits per heavy atom. The van der Waals surface area contributed by atoms with E-state index in [9.17, 15) is 0 Å². The van der Waals surface area contributed by atoms with Gasteiger partial charge < -0.3 is 9.47 Å². The molecule has 0 amide bonds. The van der Waals surface area contributed by atoms with Gasteiger partial charge in [0.15, 0.2) is 0 Å². The smallest absolute Gasteiger partial charge is 0.137 e. The van der Waals surface area contributed by atoms with Crippen LogP contribution in [0.25, 0.3) is 0 Å². The summed E-state index contributed by atoms with van der Waals surface area (Å²) < 4.78 is 11.0. The van der Waals surface area contributed by atoms with Crippen molar-refractivity contribution >= 4 is 0 Å². The van der Waals surface area contributed by atoms with Crippen LogP contribution in [0.15, 0.2) is 18.3 Å². The van der Waals surface area contributed by atoms with Crippen molar-refractivity contribution in [2.45, 2.75) is 25.9 Å². The van der Waals surface area contributed by atoms with Crippen molar-refractivity contribution in [2.75, 3.05) is 13.2 Å². The molecule has 1 aliphatic heterocycles. The fourth-order valence-corrected chi connectivity index (χ4v) is 1.50. The van der Waals surface area contributed by atoms with Gasteiger partial charge >= 0.3 is 0 Å². The van der Waals surface area contributed by atoms with Gasteiger partial charge in [-0.1, -0.05) is 0 Å². The van der Waals surface area contributed by atoms with Gasteiger partial charge in [0.2, 0.25) is 0 Å². The number of aryl methyl sites for hydroxylation is 1. The second-order valence-electron chi connectivity index (χ2n) is 3.58. The number of hydrogen-bond donors (Lipinski definition) is 0. The summed E-state index contributed by atoms with van der Waals surface area (Å²) in [6, 6.07) is 3.89. The van der Waals surface area contributed by atoms with Crippen molar-refractivity contribution in [3.63, 3.8) is 0 Å². The third-order valence-electron chi connectivity index (χ3n) is 2.34. The fourth-order valence-electron chi connectivity index (χ4n) is 1.50. The Balaban J connectivity index is 1.82. The number of ether oxygens (including phenoxy) is 2. The maximum atomic E-state index is 5.56. The Morgan fingerprint density at radius 3 is 3.14 bits per heavy atom. The minimum Gasteiger partial charge on any atom is -0.489 e. The average Bonchev–Trinajstić information content (AvgIpc) is 2.70. The van der Waals surface area contributed by atoms with Gasteiger partial charge in [0, 0.05) is 12.3 Å². The van der Waals surface area contributed by atoms with Crippen LogP contribution in [-0.2, 0) is 4.74 Å². The van der Waals surface area contributed by atoms with E-state index in [2.05, 4.69) is 4.98 Å². The first-order valence-electron chi connectivity index (χ1n) is 5.01. The highest BCUT2D eigenvalue weighted by Gasteiger charge is 2.15. The summed E-state index contributed by atoms with van der Waals surface area (Å²) in [7, 11) is 0. The first kappa shape index (κ1) is 9.46. The van der Waals surface area contributed by atoms with E-state index in [1.165, 1.54) is 0 Å². The van der Waals surface area contributed by atoms with Crippen LogP contribution >= 0.6 is 0 Å². The molecule has 0 aliphatic carbocycles. The molecule has 1 aromatic rings. The molecule has 0 bridgehead atoms. The van der Waals surface area contributed by atoms with E-state index in [1.807, 2.05) is 19.1 Å². The lowest BCUT2D eigenvalue weighted by Gasteiger charge is -2.10. The van der Waals surface area contributed by atoms with Crippen LogP contribution in [0.2, 0.25) is 0 Å². The molecule has 0 saturated carbocycles. The topological polar surface area (TPSA) is 31.4 Å². The highest BCUT2D eigenvalue weighted by molar-refractivity contribution is 5.19. The van der Waals surface area contributed by atoms with Crippen molar-refractivity contribution in [1.29, 1.82) is 0 Å². The summed E-state index contributed by atoms with van der Waals surface area (Å²) in [6.07, 6.45) is 4.29. The van der Waals surface area contributed by atoms with Crippen LogP contribution in [0.3, 0.4) is 0 Å². The minimum atomic E-state index is 0.274. The molecule has 1 unspecified atom stereocenters. The molecule has 0 radical (unpaired) electrons. The van der Waals surface area contributed by atoms with Gasteiger partial charge in [-0.25, -0.2) is 0 Å². The number of nitrogens with zero attached hydrogens (tertiary/aromatic N) is 1. The molecular weight excluding hydrogens is 178 g/mol. The van der Waals surface area contributed by atoms with Gasteiger partial charge in [-0.15, -0.1) is 0 Å². The molecule has 1 fully saturated rings. The van der Waals surface area contributed by atoms with Gasteiger partial charge in [-0.3, -0.25) is 4.98 Å². The number of hydrogen-bond acceptors (Lipinski definition) is 3. The summed E-state index contributed by atoms with van der Waals surface area (Å²) >= 11 is 0. The molecule has 76 valence electrons. The van der Waals surface area contributed by atoms with Crippen LogP contribution in [0, 0.1) is 6.92 Å². The van der Waals surface area contributed by atoms with E-state index < -0.39 is 0 Å². The van der Waals surface area contributed by atoms with E-state index in [0.29, 0.717) is 6.61 Å².